The van der Waals surface area contributed by atoms with Gasteiger partial charge in [-0.1, -0.05) is 29.3 Å². The van der Waals surface area contributed by atoms with Gasteiger partial charge in [-0.15, -0.1) is 0 Å². The van der Waals surface area contributed by atoms with E-state index in [9.17, 15) is 9.59 Å². The normalized spacial score (nSPS) is 10.2. The Morgan fingerprint density at radius 2 is 1.96 bits per heavy atom. The molecule has 0 unspecified atom stereocenters. The summed E-state index contributed by atoms with van der Waals surface area (Å²) in [7, 11) is 1.46. The van der Waals surface area contributed by atoms with Crippen LogP contribution >= 0.6 is 23.2 Å². The van der Waals surface area contributed by atoms with Gasteiger partial charge in [-0.3, -0.25) is 9.59 Å². The van der Waals surface area contributed by atoms with Crippen LogP contribution in [0.1, 0.15) is 15.9 Å². The summed E-state index contributed by atoms with van der Waals surface area (Å²) in [4.78, 5) is 22.6. The van der Waals surface area contributed by atoms with E-state index in [2.05, 4.69) is 5.32 Å². The van der Waals surface area contributed by atoms with Gasteiger partial charge in [0.05, 0.1) is 7.11 Å². The minimum absolute atomic E-state index is 0.162. The van der Waals surface area contributed by atoms with E-state index in [4.69, 9.17) is 32.7 Å². The molecule has 0 radical (unpaired) electrons. The molecule has 0 aliphatic heterocycles. The second-order valence-electron chi connectivity index (χ2n) is 5.15. The molecular weight excluding hydrogens is 365 g/mol. The molecule has 0 atom stereocenters. The van der Waals surface area contributed by atoms with Gasteiger partial charge in [-0.05, 0) is 42.3 Å². The monoisotopic (exact) mass is 381 g/mol. The Kier molecular flexibility index (Phi) is 7.10. The minimum atomic E-state index is -0.272. The Balaban J connectivity index is 1.82. The summed E-state index contributed by atoms with van der Waals surface area (Å²) in [5.74, 6) is 0.515. The number of carbonyl (C=O) groups is 2. The fourth-order valence-corrected chi connectivity index (χ4v) is 2.64. The van der Waals surface area contributed by atoms with Crippen LogP contribution in [-0.2, 0) is 11.2 Å². The van der Waals surface area contributed by atoms with Gasteiger partial charge >= 0.3 is 0 Å². The van der Waals surface area contributed by atoms with Gasteiger partial charge in [-0.2, -0.15) is 0 Å². The number of nitrogens with one attached hydrogen (secondary N) is 1. The molecule has 2 aromatic carbocycles. The van der Waals surface area contributed by atoms with Gasteiger partial charge in [-0.25, -0.2) is 0 Å². The number of aldehydes is 1. The van der Waals surface area contributed by atoms with E-state index in [-0.39, 0.29) is 12.5 Å². The van der Waals surface area contributed by atoms with Crippen molar-refractivity contribution in [3.63, 3.8) is 0 Å². The second-order valence-corrected chi connectivity index (χ2v) is 6.00. The second kappa shape index (κ2) is 9.30. The van der Waals surface area contributed by atoms with Crippen LogP contribution in [0.25, 0.3) is 0 Å². The van der Waals surface area contributed by atoms with Crippen molar-refractivity contribution in [2.45, 2.75) is 6.42 Å². The molecule has 1 amide bonds. The highest BCUT2D eigenvalue weighted by atomic mass is 35.5. The van der Waals surface area contributed by atoms with Crippen molar-refractivity contribution >= 4 is 35.4 Å². The first-order chi connectivity index (χ1) is 12.0. The summed E-state index contributed by atoms with van der Waals surface area (Å²) in [5.41, 5.74) is 1.37. The van der Waals surface area contributed by atoms with Crippen LogP contribution in [0.2, 0.25) is 10.0 Å². The van der Waals surface area contributed by atoms with Gasteiger partial charge < -0.3 is 14.8 Å². The van der Waals surface area contributed by atoms with Crippen molar-refractivity contribution in [2.75, 3.05) is 20.3 Å². The average Bonchev–Trinajstić information content (AvgIpc) is 2.61. The lowest BCUT2D eigenvalue weighted by Gasteiger charge is -2.11. The number of methoxy groups -OCH3 is 1. The van der Waals surface area contributed by atoms with Crippen LogP contribution in [0.15, 0.2) is 36.4 Å². The summed E-state index contributed by atoms with van der Waals surface area (Å²) in [6.07, 6.45) is 1.29. The van der Waals surface area contributed by atoms with E-state index < -0.39 is 0 Å². The predicted octanol–water partition coefficient (Wildman–Crippen LogP) is 3.55. The zero-order valence-corrected chi connectivity index (χ0v) is 15.1. The maximum atomic E-state index is 11.9. The third kappa shape index (κ3) is 5.66. The van der Waals surface area contributed by atoms with Gasteiger partial charge in [0, 0.05) is 22.2 Å². The number of hydrogen-bond acceptors (Lipinski definition) is 4. The molecule has 2 rings (SSSR count). The largest absolute Gasteiger partial charge is 0.493 e. The zero-order valence-electron chi connectivity index (χ0n) is 13.6. The van der Waals surface area contributed by atoms with E-state index in [0.29, 0.717) is 46.4 Å². The number of ether oxygens (including phenoxy) is 2. The van der Waals surface area contributed by atoms with Crippen LogP contribution in [0.3, 0.4) is 0 Å². The minimum Gasteiger partial charge on any atom is -0.493 e. The average molecular weight is 382 g/mol. The van der Waals surface area contributed by atoms with E-state index in [1.165, 1.54) is 7.11 Å². The number of halogens is 2. The molecular formula is C18H17Cl2NO4. The van der Waals surface area contributed by atoms with Crippen LogP contribution < -0.4 is 14.8 Å². The Bertz CT molecular complexity index is 765. The summed E-state index contributed by atoms with van der Waals surface area (Å²) in [6.45, 7) is 0.260. The quantitative estimate of drug-likeness (QED) is 0.710. The van der Waals surface area contributed by atoms with Crippen LogP contribution in [-0.4, -0.2) is 32.5 Å². The smallest absolute Gasteiger partial charge is 0.257 e. The first-order valence-electron chi connectivity index (χ1n) is 7.50. The lowest BCUT2D eigenvalue weighted by atomic mass is 10.1. The molecule has 0 aliphatic rings. The Labute approximate surface area is 155 Å². The van der Waals surface area contributed by atoms with E-state index in [1.807, 2.05) is 6.07 Å². The van der Waals surface area contributed by atoms with E-state index in [0.717, 1.165) is 5.56 Å². The SMILES string of the molecule is COc1cc(C=O)ccc1OCC(=O)NCCc1ccc(Cl)cc1Cl. The predicted molar refractivity (Wildman–Crippen MR) is 97.1 cm³/mol. The molecule has 132 valence electrons. The third-order valence-electron chi connectivity index (χ3n) is 3.41. The maximum absolute atomic E-state index is 11.9. The molecule has 7 heteroatoms. The molecule has 0 fully saturated rings. The molecule has 0 aromatic heterocycles. The lowest BCUT2D eigenvalue weighted by Crippen LogP contribution is -2.30. The van der Waals surface area contributed by atoms with Crippen molar-refractivity contribution in [1.82, 2.24) is 5.32 Å². The molecule has 0 saturated carbocycles. The molecule has 1 N–H and O–H groups in total. The number of amides is 1. The summed E-state index contributed by atoms with van der Waals surface area (Å²) >= 11 is 11.9. The van der Waals surface area contributed by atoms with Gasteiger partial charge in [0.25, 0.3) is 5.91 Å². The standard InChI is InChI=1S/C18H17Cl2NO4/c1-24-17-8-12(10-22)2-5-16(17)25-11-18(23)21-7-6-13-3-4-14(19)9-15(13)20/h2-5,8-10H,6-7,11H2,1H3,(H,21,23). The molecule has 0 saturated heterocycles. The number of carbonyl (C=O) groups excluding carboxylic acids is 2. The maximum Gasteiger partial charge on any atom is 0.257 e. The molecule has 0 aliphatic carbocycles. The number of rotatable bonds is 8. The third-order valence-corrected chi connectivity index (χ3v) is 4.00. The molecule has 2 aromatic rings. The van der Waals surface area contributed by atoms with Gasteiger partial charge in [0.15, 0.2) is 18.1 Å². The molecule has 25 heavy (non-hydrogen) atoms. The fraction of sp³-hybridized carbons (Fsp3) is 0.222. The lowest BCUT2D eigenvalue weighted by molar-refractivity contribution is -0.123. The van der Waals surface area contributed by atoms with Crippen molar-refractivity contribution in [3.05, 3.63) is 57.6 Å². The van der Waals surface area contributed by atoms with Gasteiger partial charge in [0.1, 0.15) is 6.29 Å². The van der Waals surface area contributed by atoms with Crippen LogP contribution in [0.4, 0.5) is 0 Å². The van der Waals surface area contributed by atoms with Gasteiger partial charge in [0.2, 0.25) is 0 Å². The highest BCUT2D eigenvalue weighted by Gasteiger charge is 2.09. The topological polar surface area (TPSA) is 64.6 Å². The number of benzene rings is 2. The first kappa shape index (κ1) is 19.1. The fourth-order valence-electron chi connectivity index (χ4n) is 2.13. The molecule has 5 nitrogen and oxygen atoms in total. The molecule has 0 heterocycles. The Hall–Kier alpha value is -2.24. The Morgan fingerprint density at radius 3 is 2.64 bits per heavy atom. The highest BCUT2D eigenvalue weighted by Crippen LogP contribution is 2.27. The first-order valence-corrected chi connectivity index (χ1v) is 8.25. The summed E-state index contributed by atoms with van der Waals surface area (Å²) in [6, 6.07) is 9.96. The van der Waals surface area contributed by atoms with Crippen molar-refractivity contribution < 1.29 is 19.1 Å². The van der Waals surface area contributed by atoms with Crippen LogP contribution in [0, 0.1) is 0 Å². The number of hydrogen-bond donors (Lipinski definition) is 1. The molecule has 0 bridgehead atoms. The highest BCUT2D eigenvalue weighted by molar-refractivity contribution is 6.35. The van der Waals surface area contributed by atoms with Crippen molar-refractivity contribution in [1.29, 1.82) is 0 Å². The zero-order chi connectivity index (χ0) is 18.2. The van der Waals surface area contributed by atoms with Crippen LogP contribution in [0.5, 0.6) is 11.5 Å². The summed E-state index contributed by atoms with van der Waals surface area (Å²) in [5, 5.41) is 3.89. The van der Waals surface area contributed by atoms with Crippen molar-refractivity contribution in [3.8, 4) is 11.5 Å². The summed E-state index contributed by atoms with van der Waals surface area (Å²) < 4.78 is 10.6. The molecule has 0 spiro atoms. The van der Waals surface area contributed by atoms with E-state index >= 15 is 0 Å². The van der Waals surface area contributed by atoms with E-state index in [1.54, 1.807) is 30.3 Å². The Morgan fingerprint density at radius 1 is 1.16 bits per heavy atom. The van der Waals surface area contributed by atoms with Crippen molar-refractivity contribution in [2.24, 2.45) is 0 Å².